The Hall–Kier alpha value is -7.69. The number of carbonyl (C=O) groups excluding carboxylic acids is 3. The number of esters is 2. The van der Waals surface area contributed by atoms with E-state index in [9.17, 15) is 14.4 Å². The topological polar surface area (TPSA) is 253 Å². The number of rotatable bonds is 19. The van der Waals surface area contributed by atoms with Gasteiger partial charge in [0.25, 0.3) is 0 Å². The summed E-state index contributed by atoms with van der Waals surface area (Å²) in [5, 5.41) is 13.7. The van der Waals surface area contributed by atoms with E-state index >= 15 is 0 Å². The number of methoxy groups -OCH3 is 3. The molecule has 0 radical (unpaired) electrons. The zero-order chi connectivity index (χ0) is 52.8. The first kappa shape index (κ1) is 58.0. The van der Waals surface area contributed by atoms with Crippen LogP contribution in [0.4, 0.5) is 4.79 Å². The van der Waals surface area contributed by atoms with Crippen molar-refractivity contribution in [2.75, 3.05) is 34.5 Å². The van der Waals surface area contributed by atoms with Crippen LogP contribution in [-0.4, -0.2) is 97.5 Å². The summed E-state index contributed by atoms with van der Waals surface area (Å²) in [5.41, 5.74) is 18.2. The number of pyridine rings is 4. The number of aromatic nitrogens is 8. The third kappa shape index (κ3) is 14.7. The first-order valence-electron chi connectivity index (χ1n) is 25.9. The van der Waals surface area contributed by atoms with Gasteiger partial charge in [-0.3, -0.25) is 38.9 Å². The maximum atomic E-state index is 12.4. The van der Waals surface area contributed by atoms with E-state index in [-0.39, 0.29) is 61.7 Å². The second kappa shape index (κ2) is 28.1. The fraction of sp³-hybridized carbons (Fsp3) is 0.362. The minimum atomic E-state index is -0.536. The van der Waals surface area contributed by atoms with Crippen LogP contribution in [0.5, 0.6) is 11.5 Å². The van der Waals surface area contributed by atoms with E-state index in [1.165, 1.54) is 69.5 Å². The summed E-state index contributed by atoms with van der Waals surface area (Å²) >= 11 is 0. The van der Waals surface area contributed by atoms with Gasteiger partial charge < -0.3 is 40.2 Å². The number of hydrogen-bond donors (Lipinski definition) is 2. The van der Waals surface area contributed by atoms with Crippen LogP contribution < -0.4 is 39.4 Å². The minimum absolute atomic E-state index is 0. The minimum Gasteiger partial charge on any atom is -0.870 e. The molecule has 2 aliphatic carbocycles. The summed E-state index contributed by atoms with van der Waals surface area (Å²) < 4.78 is 30.3. The van der Waals surface area contributed by atoms with Crippen molar-refractivity contribution in [3.8, 4) is 11.5 Å². The van der Waals surface area contributed by atoms with Crippen LogP contribution in [0.2, 0.25) is 0 Å². The molecule has 0 saturated carbocycles. The molecule has 20 heteroatoms. The summed E-state index contributed by atoms with van der Waals surface area (Å²) in [6.07, 6.45) is 20.9. The van der Waals surface area contributed by atoms with Crippen LogP contribution in [0.25, 0.3) is 21.8 Å². The van der Waals surface area contributed by atoms with Crippen molar-refractivity contribution in [1.82, 2.24) is 44.8 Å². The fourth-order valence-electron chi connectivity index (χ4n) is 9.83. The van der Waals surface area contributed by atoms with Crippen molar-refractivity contribution in [3.05, 3.63) is 166 Å². The second-order valence-electron chi connectivity index (χ2n) is 18.9. The Bertz CT molecular complexity index is 3310. The molecule has 8 aromatic rings. The average Bonchev–Trinajstić information content (AvgIpc) is 4.09. The van der Waals surface area contributed by atoms with Crippen molar-refractivity contribution in [2.45, 2.75) is 102 Å². The van der Waals surface area contributed by atoms with E-state index in [0.29, 0.717) is 19.8 Å². The number of nitrogens with two attached hydrogens (primary N) is 1. The number of fused-ring (bicyclic) bond motifs is 4. The van der Waals surface area contributed by atoms with Crippen LogP contribution in [0.15, 0.2) is 110 Å². The molecule has 4 N–H and O–H groups in total. The molecule has 6 aromatic heterocycles. The molecule has 0 bridgehead atoms. The van der Waals surface area contributed by atoms with Crippen LogP contribution >= 0.6 is 0 Å². The predicted molar refractivity (Wildman–Crippen MR) is 287 cm³/mol. The second-order valence-corrected chi connectivity index (χ2v) is 18.9. The molecule has 402 valence electrons. The fourth-order valence-corrected chi connectivity index (χ4v) is 9.83. The Labute approximate surface area is 465 Å². The van der Waals surface area contributed by atoms with Crippen molar-refractivity contribution in [3.63, 3.8) is 0 Å². The van der Waals surface area contributed by atoms with E-state index in [0.717, 1.165) is 105 Å². The smallest absolute Gasteiger partial charge is 0.870 e. The quantitative estimate of drug-likeness (QED) is 0.0607. The first-order chi connectivity index (χ1) is 37.2. The molecule has 2 atom stereocenters. The number of alkyl carbamates (subject to hydrolysis) is 1. The molecule has 2 aromatic carbocycles. The number of ether oxygens (including phenoxy) is 5. The predicted octanol–water partition coefficient (Wildman–Crippen LogP) is 5.10. The molecule has 0 saturated heterocycles. The van der Waals surface area contributed by atoms with Gasteiger partial charge in [-0.25, -0.2) is 4.79 Å². The van der Waals surface area contributed by atoms with Gasteiger partial charge >= 0.3 is 36.9 Å². The van der Waals surface area contributed by atoms with Crippen molar-refractivity contribution in [2.24, 2.45) is 5.73 Å². The molecule has 10 rings (SSSR count). The van der Waals surface area contributed by atoms with E-state index in [2.05, 4.69) is 54.5 Å². The van der Waals surface area contributed by atoms with Gasteiger partial charge in [0.1, 0.15) is 11.5 Å². The van der Waals surface area contributed by atoms with Crippen molar-refractivity contribution >= 4 is 39.8 Å². The van der Waals surface area contributed by atoms with Crippen LogP contribution in [0.1, 0.15) is 107 Å². The third-order valence-corrected chi connectivity index (χ3v) is 13.9. The van der Waals surface area contributed by atoms with Gasteiger partial charge in [-0.15, -0.1) is 0 Å². The molecule has 19 nitrogen and oxygen atoms in total. The van der Waals surface area contributed by atoms with E-state index in [1.807, 2.05) is 53.2 Å². The number of hydrogen-bond acceptors (Lipinski definition) is 16. The van der Waals surface area contributed by atoms with Crippen LogP contribution in [0, 0.1) is 0 Å². The Balaban J connectivity index is 0.000000222. The van der Waals surface area contributed by atoms with Gasteiger partial charge in [0, 0.05) is 84.3 Å². The SMILES string of the molecule is COC(=O)CC(c1cncc(CN)c1)n1ncc2cc(OCCc3ccc4c(n3)CCCC4)ccc21.COC(=O)CC(c1cncc(CNC(=O)OC)c1)n1ncc2cc(OCCc3ccc4c(n3)CCCC4)ccc21.[Li+].[OH-]. The van der Waals surface area contributed by atoms with E-state index in [4.69, 9.17) is 34.6 Å². The number of nitrogens with zero attached hydrogens (tertiary/aromatic N) is 8. The average molecular weight is 1050 g/mol. The maximum Gasteiger partial charge on any atom is 1.00 e. The molecule has 1 amide bonds. The van der Waals surface area contributed by atoms with Crippen LogP contribution in [-0.2, 0) is 75.4 Å². The summed E-state index contributed by atoms with van der Waals surface area (Å²) in [6.45, 7) is 1.68. The summed E-state index contributed by atoms with van der Waals surface area (Å²) in [4.78, 5) is 54.4. The largest absolute Gasteiger partial charge is 1.00 e. The molecule has 0 spiro atoms. The Morgan fingerprint density at radius 1 is 0.590 bits per heavy atom. The monoisotopic (exact) mass is 1050 g/mol. The Morgan fingerprint density at radius 3 is 1.54 bits per heavy atom. The summed E-state index contributed by atoms with van der Waals surface area (Å²) in [5.74, 6) is 0.823. The van der Waals surface area contributed by atoms with Gasteiger partial charge in [-0.2, -0.15) is 10.2 Å². The van der Waals surface area contributed by atoms with Crippen molar-refractivity contribution in [1.29, 1.82) is 0 Å². The van der Waals surface area contributed by atoms with Gasteiger partial charge in [0.05, 0.1) is 82.9 Å². The molecule has 2 unspecified atom stereocenters. The third-order valence-electron chi connectivity index (χ3n) is 13.9. The molecular formula is C58H65LiN10O9. The molecular weight excluding hydrogens is 988 g/mol. The number of carbonyl (C=O) groups is 3. The number of benzene rings is 2. The Morgan fingerprint density at radius 2 is 1.06 bits per heavy atom. The van der Waals surface area contributed by atoms with Gasteiger partial charge in [0.2, 0.25) is 0 Å². The molecule has 78 heavy (non-hydrogen) atoms. The number of amides is 1. The van der Waals surface area contributed by atoms with Gasteiger partial charge in [-0.05, 0) is 145 Å². The molecule has 6 heterocycles. The van der Waals surface area contributed by atoms with Gasteiger partial charge in [0.15, 0.2) is 0 Å². The Kier molecular flexibility index (Phi) is 20.9. The molecule has 0 fully saturated rings. The number of nitrogens with one attached hydrogen (secondary N) is 1. The molecule has 2 aliphatic rings. The van der Waals surface area contributed by atoms with Crippen molar-refractivity contribution < 1.29 is 62.4 Å². The van der Waals surface area contributed by atoms with Crippen LogP contribution in [0.3, 0.4) is 0 Å². The maximum absolute atomic E-state index is 12.4. The van der Waals surface area contributed by atoms with E-state index < -0.39 is 12.1 Å². The van der Waals surface area contributed by atoms with E-state index in [1.54, 1.807) is 41.9 Å². The first-order valence-corrected chi connectivity index (χ1v) is 25.9. The zero-order valence-corrected chi connectivity index (χ0v) is 44.7. The normalized spacial score (nSPS) is 13.2. The molecule has 0 aliphatic heterocycles. The summed E-state index contributed by atoms with van der Waals surface area (Å²) in [6, 6.07) is 23.4. The summed E-state index contributed by atoms with van der Waals surface area (Å²) in [7, 11) is 4.05. The zero-order valence-electron chi connectivity index (χ0n) is 44.7. The van der Waals surface area contributed by atoms with Gasteiger partial charge in [-0.1, -0.05) is 12.1 Å². The standard InChI is InChI=1S/C30H33N5O5.C28H31N5O3.Li.H2O/c1-38-29(36)15-28(22-13-20(16-31-18-22)17-32-30(37)39-2)35-27-10-9-25(14-23(27)19-33-35)40-12-11-24-8-7-21-5-3-4-6-26(21)34-24;1-35-28(34)14-27(21-12-19(15-29)16-30-17-21)33-26-9-8-24(13-22(26)18-31-33)36-11-10-23-7-6-20-4-2-3-5-25(20)32-23;;/h7-10,13-14,16,18-19,28H,3-6,11-12,15,17H2,1-2H3,(H,32,37);6-9,12-13,16-18,27H,2-5,10-11,14-15,29H2,1H3;;1H2/q;;+1;/p-1. The number of aryl methyl sites for hydroxylation is 4.